The van der Waals surface area contributed by atoms with Crippen molar-refractivity contribution >= 4 is 34.4 Å². The number of ether oxygens (including phenoxy) is 2. The molecule has 0 N–H and O–H groups in total. The van der Waals surface area contributed by atoms with Crippen molar-refractivity contribution in [2.45, 2.75) is 33.6 Å². The van der Waals surface area contributed by atoms with Gasteiger partial charge >= 0.3 is 5.69 Å². The highest BCUT2D eigenvalue weighted by molar-refractivity contribution is 6.32. The standard InChI is InChI=1S/C30H29ClN4O5/c1-6-12-40-28-24(31)14-20(15-26(28)35(37)38)17-32-34-29(33-25-11-9-8-10-21(25)30(34)36)23-16-22(18(3)4)27(39-7-2)13-19(23)5/h6,8-11,13-18H,1,7,12H2,2-5H3. The molecule has 0 spiro atoms. The van der Waals surface area contributed by atoms with Gasteiger partial charge in [-0.1, -0.05) is 50.2 Å². The molecule has 0 aliphatic carbocycles. The number of nitrogens with zero attached hydrogens (tertiary/aromatic N) is 4. The van der Waals surface area contributed by atoms with Crippen LogP contribution in [0.15, 0.2) is 71.1 Å². The molecule has 1 aromatic heterocycles. The molecule has 1 heterocycles. The van der Waals surface area contributed by atoms with Gasteiger partial charge in [-0.25, -0.2) is 4.98 Å². The largest absolute Gasteiger partial charge is 0.494 e. The van der Waals surface area contributed by atoms with Crippen molar-refractivity contribution in [1.29, 1.82) is 0 Å². The number of aryl methyl sites for hydroxylation is 1. The van der Waals surface area contributed by atoms with E-state index in [4.69, 9.17) is 26.1 Å². The Hall–Kier alpha value is -4.50. The highest BCUT2D eigenvalue weighted by Gasteiger charge is 2.21. The number of fused-ring (bicyclic) bond motifs is 1. The third kappa shape index (κ3) is 5.74. The van der Waals surface area contributed by atoms with E-state index in [1.165, 1.54) is 29.1 Å². The molecule has 10 heteroatoms. The van der Waals surface area contributed by atoms with Crippen LogP contribution in [0.2, 0.25) is 5.02 Å². The summed E-state index contributed by atoms with van der Waals surface area (Å²) in [5.74, 6) is 1.18. The quantitative estimate of drug-likeness (QED) is 0.0902. The molecule has 4 aromatic rings. The molecule has 4 rings (SSSR count). The highest BCUT2D eigenvalue weighted by atomic mass is 35.5. The van der Waals surface area contributed by atoms with Crippen molar-refractivity contribution < 1.29 is 14.4 Å². The summed E-state index contributed by atoms with van der Waals surface area (Å²) in [6, 6.07) is 13.7. The van der Waals surface area contributed by atoms with E-state index < -0.39 is 4.92 Å². The van der Waals surface area contributed by atoms with Crippen LogP contribution in [0.1, 0.15) is 43.4 Å². The first-order valence-corrected chi connectivity index (χ1v) is 13.1. The Balaban J connectivity index is 1.94. The van der Waals surface area contributed by atoms with Crippen LogP contribution in [0.25, 0.3) is 22.3 Å². The Labute approximate surface area is 236 Å². The second-order valence-corrected chi connectivity index (χ2v) is 9.72. The summed E-state index contributed by atoms with van der Waals surface area (Å²) in [6.07, 6.45) is 2.80. The molecule has 0 bridgehead atoms. The molecule has 0 aliphatic heterocycles. The normalized spacial score (nSPS) is 11.3. The molecule has 0 saturated heterocycles. The zero-order valence-corrected chi connectivity index (χ0v) is 23.4. The molecule has 3 aromatic carbocycles. The summed E-state index contributed by atoms with van der Waals surface area (Å²) < 4.78 is 12.5. The predicted octanol–water partition coefficient (Wildman–Crippen LogP) is 6.90. The Morgan fingerprint density at radius 1 is 1.20 bits per heavy atom. The van der Waals surface area contributed by atoms with Crippen LogP contribution in [-0.4, -0.2) is 34.0 Å². The minimum absolute atomic E-state index is 0.0330. The number of halogens is 1. The molecule has 0 saturated carbocycles. The maximum Gasteiger partial charge on any atom is 0.313 e. The van der Waals surface area contributed by atoms with E-state index in [0.717, 1.165) is 16.9 Å². The lowest BCUT2D eigenvalue weighted by molar-refractivity contribution is -0.385. The van der Waals surface area contributed by atoms with Crippen LogP contribution >= 0.6 is 11.6 Å². The number of nitro groups is 1. The molecular weight excluding hydrogens is 532 g/mol. The smallest absolute Gasteiger partial charge is 0.313 e. The first kappa shape index (κ1) is 28.5. The Morgan fingerprint density at radius 2 is 1.95 bits per heavy atom. The highest BCUT2D eigenvalue weighted by Crippen LogP contribution is 2.36. The number of benzene rings is 3. The lowest BCUT2D eigenvalue weighted by Crippen LogP contribution is -2.21. The molecule has 0 amide bonds. The lowest BCUT2D eigenvalue weighted by atomic mass is 9.96. The molecule has 0 atom stereocenters. The molecule has 206 valence electrons. The number of hydrogen-bond acceptors (Lipinski definition) is 7. The summed E-state index contributed by atoms with van der Waals surface area (Å²) in [6.45, 7) is 12.1. The molecular formula is C30H29ClN4O5. The average Bonchev–Trinajstić information content (AvgIpc) is 2.91. The molecule has 0 fully saturated rings. The van der Waals surface area contributed by atoms with Gasteiger partial charge in [-0.05, 0) is 61.2 Å². The summed E-state index contributed by atoms with van der Waals surface area (Å²) in [5.41, 5.74) is 2.64. The van der Waals surface area contributed by atoms with Crippen molar-refractivity contribution in [3.8, 4) is 22.9 Å². The van der Waals surface area contributed by atoms with Crippen LogP contribution < -0.4 is 15.0 Å². The monoisotopic (exact) mass is 560 g/mol. The molecule has 40 heavy (non-hydrogen) atoms. The summed E-state index contributed by atoms with van der Waals surface area (Å²) in [5, 5.41) is 16.6. The van der Waals surface area contributed by atoms with Gasteiger partial charge in [0.1, 0.15) is 12.4 Å². The molecule has 0 unspecified atom stereocenters. The van der Waals surface area contributed by atoms with E-state index in [-0.39, 0.29) is 34.5 Å². The van der Waals surface area contributed by atoms with Gasteiger partial charge in [-0.15, -0.1) is 0 Å². The maximum atomic E-state index is 13.7. The number of aromatic nitrogens is 2. The Bertz CT molecular complexity index is 1690. The Morgan fingerprint density at radius 3 is 2.62 bits per heavy atom. The summed E-state index contributed by atoms with van der Waals surface area (Å²) >= 11 is 6.32. The van der Waals surface area contributed by atoms with Gasteiger partial charge in [0, 0.05) is 17.2 Å². The number of para-hydroxylation sites is 1. The second kappa shape index (κ2) is 12.1. The molecule has 0 aliphatic rings. The van der Waals surface area contributed by atoms with Gasteiger partial charge in [-0.3, -0.25) is 14.9 Å². The van der Waals surface area contributed by atoms with Gasteiger partial charge in [0.15, 0.2) is 5.82 Å². The fourth-order valence-electron chi connectivity index (χ4n) is 4.29. The van der Waals surface area contributed by atoms with E-state index in [0.29, 0.717) is 34.5 Å². The third-order valence-electron chi connectivity index (χ3n) is 6.18. The van der Waals surface area contributed by atoms with Crippen LogP contribution in [0.3, 0.4) is 0 Å². The van der Waals surface area contributed by atoms with Gasteiger partial charge in [0.2, 0.25) is 5.75 Å². The third-order valence-corrected chi connectivity index (χ3v) is 6.46. The van der Waals surface area contributed by atoms with Crippen LogP contribution in [0.5, 0.6) is 11.5 Å². The number of hydrogen-bond donors (Lipinski definition) is 0. The van der Waals surface area contributed by atoms with E-state index in [9.17, 15) is 14.9 Å². The van der Waals surface area contributed by atoms with Crippen molar-refractivity contribution in [3.63, 3.8) is 0 Å². The zero-order chi connectivity index (χ0) is 29.0. The minimum Gasteiger partial charge on any atom is -0.494 e. The number of rotatable bonds is 10. The fourth-order valence-corrected chi connectivity index (χ4v) is 4.57. The fraction of sp³-hybridized carbons (Fsp3) is 0.233. The number of nitro benzene ring substituents is 1. The summed E-state index contributed by atoms with van der Waals surface area (Å²) in [7, 11) is 0. The lowest BCUT2D eigenvalue weighted by Gasteiger charge is -2.18. The first-order valence-electron chi connectivity index (χ1n) is 12.7. The van der Waals surface area contributed by atoms with Gasteiger partial charge in [0.05, 0.1) is 33.7 Å². The van der Waals surface area contributed by atoms with E-state index >= 15 is 0 Å². The molecule has 0 radical (unpaired) electrons. The average molecular weight is 561 g/mol. The van der Waals surface area contributed by atoms with E-state index in [2.05, 4.69) is 25.5 Å². The zero-order valence-electron chi connectivity index (χ0n) is 22.7. The van der Waals surface area contributed by atoms with Crippen molar-refractivity contribution in [3.05, 3.63) is 103 Å². The second-order valence-electron chi connectivity index (χ2n) is 9.31. The van der Waals surface area contributed by atoms with Gasteiger partial charge in [-0.2, -0.15) is 9.78 Å². The SMILES string of the molecule is C=CCOc1c(Cl)cc(C=Nn2c(-c3cc(C(C)C)c(OCC)cc3C)nc3ccccc3c2=O)cc1[N+](=O)[O-]. The van der Waals surface area contributed by atoms with Gasteiger partial charge < -0.3 is 9.47 Å². The topological polar surface area (TPSA) is 109 Å². The summed E-state index contributed by atoms with van der Waals surface area (Å²) in [4.78, 5) is 29.6. The van der Waals surface area contributed by atoms with E-state index in [1.54, 1.807) is 18.2 Å². The van der Waals surface area contributed by atoms with Crippen LogP contribution in [0.4, 0.5) is 5.69 Å². The van der Waals surface area contributed by atoms with E-state index in [1.807, 2.05) is 32.0 Å². The van der Waals surface area contributed by atoms with Crippen LogP contribution in [-0.2, 0) is 0 Å². The first-order chi connectivity index (χ1) is 19.2. The maximum absolute atomic E-state index is 13.7. The molecule has 9 nitrogen and oxygen atoms in total. The van der Waals surface area contributed by atoms with Gasteiger partial charge in [0.25, 0.3) is 5.56 Å². The Kier molecular flexibility index (Phi) is 8.64. The predicted molar refractivity (Wildman–Crippen MR) is 158 cm³/mol. The van der Waals surface area contributed by atoms with Crippen molar-refractivity contribution in [2.24, 2.45) is 5.10 Å². The van der Waals surface area contributed by atoms with Crippen molar-refractivity contribution in [1.82, 2.24) is 9.66 Å². The van der Waals surface area contributed by atoms with Crippen molar-refractivity contribution in [2.75, 3.05) is 13.2 Å². The van der Waals surface area contributed by atoms with Crippen LogP contribution in [0, 0.1) is 17.0 Å². The minimum atomic E-state index is -0.590.